The number of aliphatic carboxylic acids is 1. The van der Waals surface area contributed by atoms with Gasteiger partial charge in [0, 0.05) is 14.1 Å². The third-order valence-electron chi connectivity index (χ3n) is 4.43. The van der Waals surface area contributed by atoms with Gasteiger partial charge in [0.05, 0.1) is 15.9 Å². The van der Waals surface area contributed by atoms with Gasteiger partial charge >= 0.3 is 11.7 Å². The van der Waals surface area contributed by atoms with E-state index in [0.29, 0.717) is 16.6 Å². The van der Waals surface area contributed by atoms with E-state index in [-0.39, 0.29) is 17.0 Å². The van der Waals surface area contributed by atoms with E-state index in [4.69, 9.17) is 0 Å². The smallest absolute Gasteiger partial charge is 0.328 e. The minimum Gasteiger partial charge on any atom is -0.480 e. The van der Waals surface area contributed by atoms with Gasteiger partial charge in [-0.2, -0.15) is 4.72 Å². The molecule has 0 aliphatic carbocycles. The fraction of sp³-hybridized carbons (Fsp3) is 0.222. The van der Waals surface area contributed by atoms with Crippen molar-refractivity contribution < 1.29 is 18.3 Å². The fourth-order valence-electron chi connectivity index (χ4n) is 2.94. The van der Waals surface area contributed by atoms with Gasteiger partial charge in [0.15, 0.2) is 0 Å². The number of aromatic nitrogens is 2. The number of sulfonamides is 1. The monoisotopic (exact) mass is 389 g/mol. The number of hydrogen-bond donors (Lipinski definition) is 2. The van der Waals surface area contributed by atoms with Crippen molar-refractivity contribution in [3.8, 4) is 0 Å². The van der Waals surface area contributed by atoms with Gasteiger partial charge in [-0.1, -0.05) is 30.3 Å². The summed E-state index contributed by atoms with van der Waals surface area (Å²) >= 11 is 0. The molecule has 0 unspecified atom stereocenters. The highest BCUT2D eigenvalue weighted by Gasteiger charge is 2.26. The van der Waals surface area contributed by atoms with Gasteiger partial charge in [-0.05, 0) is 30.2 Å². The number of carbonyl (C=O) groups is 1. The summed E-state index contributed by atoms with van der Waals surface area (Å²) in [7, 11) is -0.952. The summed E-state index contributed by atoms with van der Waals surface area (Å²) in [6.07, 6.45) is 0.0153. The Morgan fingerprint density at radius 2 is 1.70 bits per heavy atom. The SMILES string of the molecule is Cn1c(=O)n(C)c2cc(S(=O)(=O)N[C@@H](Cc3ccccc3)C(=O)O)ccc21. The Labute approximate surface area is 155 Å². The number of hydrogen-bond acceptors (Lipinski definition) is 4. The van der Waals surface area contributed by atoms with E-state index in [2.05, 4.69) is 4.72 Å². The van der Waals surface area contributed by atoms with Gasteiger partial charge in [0.2, 0.25) is 10.0 Å². The van der Waals surface area contributed by atoms with Gasteiger partial charge in [-0.15, -0.1) is 0 Å². The molecule has 0 amide bonds. The summed E-state index contributed by atoms with van der Waals surface area (Å²) in [5, 5.41) is 9.42. The summed E-state index contributed by atoms with van der Waals surface area (Å²) in [6.45, 7) is 0. The largest absolute Gasteiger partial charge is 0.480 e. The molecule has 0 aliphatic rings. The predicted molar refractivity (Wildman–Crippen MR) is 100 cm³/mol. The molecule has 0 saturated carbocycles. The zero-order valence-corrected chi connectivity index (χ0v) is 15.6. The molecule has 0 saturated heterocycles. The van der Waals surface area contributed by atoms with Gasteiger partial charge in [-0.3, -0.25) is 13.9 Å². The first-order chi connectivity index (χ1) is 12.7. The van der Waals surface area contributed by atoms with Gasteiger partial charge in [0.1, 0.15) is 6.04 Å². The number of nitrogens with zero attached hydrogens (tertiary/aromatic N) is 2. The van der Waals surface area contributed by atoms with Crippen molar-refractivity contribution in [3.05, 3.63) is 64.6 Å². The van der Waals surface area contributed by atoms with Crippen LogP contribution in [0, 0.1) is 0 Å². The number of nitrogens with one attached hydrogen (secondary N) is 1. The number of imidazole rings is 1. The van der Waals surface area contributed by atoms with E-state index < -0.39 is 22.0 Å². The quantitative estimate of drug-likeness (QED) is 0.649. The maximum Gasteiger partial charge on any atom is 0.328 e. The van der Waals surface area contributed by atoms with Crippen LogP contribution in [-0.2, 0) is 35.3 Å². The molecule has 9 heteroatoms. The number of fused-ring (bicyclic) bond motifs is 1. The number of carboxylic acid groups (broad SMARTS) is 1. The third kappa shape index (κ3) is 3.64. The summed E-state index contributed by atoms with van der Waals surface area (Å²) in [6, 6.07) is 11.7. The molecule has 0 radical (unpaired) electrons. The second-order valence-corrected chi connectivity index (χ2v) is 7.97. The van der Waals surface area contributed by atoms with Gasteiger partial charge < -0.3 is 5.11 Å². The van der Waals surface area contributed by atoms with Crippen LogP contribution in [0.25, 0.3) is 11.0 Å². The molecule has 1 atom stereocenters. The highest BCUT2D eigenvalue weighted by molar-refractivity contribution is 7.89. The summed E-state index contributed by atoms with van der Waals surface area (Å²) in [5.74, 6) is -1.27. The van der Waals surface area contributed by atoms with E-state index >= 15 is 0 Å². The zero-order valence-electron chi connectivity index (χ0n) is 14.8. The van der Waals surface area contributed by atoms with Crippen LogP contribution in [-0.4, -0.2) is 34.7 Å². The van der Waals surface area contributed by atoms with Crippen molar-refractivity contribution in [2.75, 3.05) is 0 Å². The number of benzene rings is 2. The van der Waals surface area contributed by atoms with Crippen molar-refractivity contribution in [2.45, 2.75) is 17.4 Å². The lowest BCUT2D eigenvalue weighted by molar-refractivity contribution is -0.138. The minimum atomic E-state index is -4.09. The average Bonchev–Trinajstić information content (AvgIpc) is 2.86. The van der Waals surface area contributed by atoms with Crippen LogP contribution >= 0.6 is 0 Å². The maximum atomic E-state index is 12.7. The van der Waals surface area contributed by atoms with Crippen molar-refractivity contribution >= 4 is 27.0 Å². The van der Waals surface area contributed by atoms with Crippen LogP contribution in [0.5, 0.6) is 0 Å². The second kappa shape index (κ2) is 7.01. The molecule has 2 N–H and O–H groups in total. The van der Waals surface area contributed by atoms with E-state index in [1.165, 1.54) is 27.3 Å². The van der Waals surface area contributed by atoms with Crippen molar-refractivity contribution in [1.29, 1.82) is 0 Å². The number of carboxylic acids is 1. The Kier molecular flexibility index (Phi) is 4.90. The van der Waals surface area contributed by atoms with Crippen LogP contribution in [0.2, 0.25) is 0 Å². The van der Waals surface area contributed by atoms with E-state index in [9.17, 15) is 23.1 Å². The summed E-state index contributed by atoms with van der Waals surface area (Å²) < 4.78 is 30.4. The van der Waals surface area contributed by atoms with Crippen LogP contribution in [0.4, 0.5) is 0 Å². The Balaban J connectivity index is 1.95. The Hall–Kier alpha value is -2.91. The van der Waals surface area contributed by atoms with E-state index in [0.717, 1.165) is 0 Å². The first-order valence-corrected chi connectivity index (χ1v) is 9.63. The molecule has 0 spiro atoms. The molecule has 3 aromatic rings. The van der Waals surface area contributed by atoms with E-state index in [1.807, 2.05) is 0 Å². The normalized spacial score (nSPS) is 13.0. The van der Waals surface area contributed by atoms with Crippen molar-refractivity contribution in [2.24, 2.45) is 14.1 Å². The summed E-state index contributed by atoms with van der Waals surface area (Å²) in [4.78, 5) is 23.5. The molecular weight excluding hydrogens is 370 g/mol. The molecule has 1 aromatic heterocycles. The minimum absolute atomic E-state index is 0.0153. The first-order valence-electron chi connectivity index (χ1n) is 8.15. The predicted octanol–water partition coefficient (Wildman–Crippen LogP) is 0.851. The van der Waals surface area contributed by atoms with Crippen molar-refractivity contribution in [1.82, 2.24) is 13.9 Å². The highest BCUT2D eigenvalue weighted by atomic mass is 32.2. The lowest BCUT2D eigenvalue weighted by Gasteiger charge is -2.15. The van der Waals surface area contributed by atoms with Crippen LogP contribution in [0.1, 0.15) is 5.56 Å². The second-order valence-electron chi connectivity index (χ2n) is 6.25. The molecular formula is C18H19N3O5S. The average molecular weight is 389 g/mol. The number of rotatable bonds is 6. The lowest BCUT2D eigenvalue weighted by atomic mass is 10.1. The summed E-state index contributed by atoms with van der Waals surface area (Å²) in [5.41, 5.74) is 1.45. The molecule has 1 heterocycles. The van der Waals surface area contributed by atoms with Crippen LogP contribution in [0.3, 0.4) is 0 Å². The van der Waals surface area contributed by atoms with Gasteiger partial charge in [-0.25, -0.2) is 13.2 Å². The lowest BCUT2D eigenvalue weighted by Crippen LogP contribution is -2.42. The first kappa shape index (κ1) is 18.9. The maximum absolute atomic E-state index is 12.7. The van der Waals surface area contributed by atoms with Crippen molar-refractivity contribution in [3.63, 3.8) is 0 Å². The molecule has 2 aromatic carbocycles. The Morgan fingerprint density at radius 1 is 1.07 bits per heavy atom. The van der Waals surface area contributed by atoms with Crippen LogP contribution < -0.4 is 10.4 Å². The Morgan fingerprint density at radius 3 is 2.33 bits per heavy atom. The zero-order chi connectivity index (χ0) is 19.8. The molecule has 0 aliphatic heterocycles. The molecule has 0 fully saturated rings. The molecule has 3 rings (SSSR count). The Bertz CT molecular complexity index is 1160. The highest BCUT2D eigenvalue weighted by Crippen LogP contribution is 2.18. The number of aryl methyl sites for hydroxylation is 2. The standard InChI is InChI=1S/C18H19N3O5S/c1-20-15-9-8-13(11-16(15)21(2)18(20)24)27(25,26)19-14(17(22)23)10-12-6-4-3-5-7-12/h3-9,11,14,19H,10H2,1-2H3,(H,22,23)/t14-/m0/s1. The molecule has 0 bridgehead atoms. The third-order valence-corrected chi connectivity index (χ3v) is 5.90. The van der Waals surface area contributed by atoms with E-state index in [1.54, 1.807) is 44.4 Å². The fourth-order valence-corrected chi connectivity index (χ4v) is 4.15. The molecule has 8 nitrogen and oxygen atoms in total. The molecule has 142 valence electrons. The van der Waals surface area contributed by atoms with Crippen LogP contribution in [0.15, 0.2) is 58.2 Å². The topological polar surface area (TPSA) is 110 Å². The molecule has 27 heavy (non-hydrogen) atoms. The van der Waals surface area contributed by atoms with Gasteiger partial charge in [0.25, 0.3) is 0 Å².